The van der Waals surface area contributed by atoms with Crippen LogP contribution in [0.5, 0.6) is 0 Å². The average Bonchev–Trinajstić information content (AvgIpc) is 2.94. The predicted molar refractivity (Wildman–Crippen MR) is 84.9 cm³/mol. The fraction of sp³-hybridized carbons (Fsp3) is 0.667. The SMILES string of the molecule is CC/C=C/C[C@H](Br)[C@H]1C[C@H]2O[C@H](C=C=CBr)C[C@H]2O1. The topological polar surface area (TPSA) is 18.5 Å². The lowest BCUT2D eigenvalue weighted by molar-refractivity contribution is 0.0378. The van der Waals surface area contributed by atoms with Gasteiger partial charge in [-0.25, -0.2) is 0 Å². The third kappa shape index (κ3) is 4.30. The van der Waals surface area contributed by atoms with Crippen LogP contribution in [-0.2, 0) is 9.47 Å². The van der Waals surface area contributed by atoms with Gasteiger partial charge < -0.3 is 9.47 Å². The molecule has 19 heavy (non-hydrogen) atoms. The molecule has 4 heteroatoms. The van der Waals surface area contributed by atoms with Crippen molar-refractivity contribution < 1.29 is 9.47 Å². The molecule has 0 bridgehead atoms. The minimum Gasteiger partial charge on any atom is -0.371 e. The molecule has 0 aromatic rings. The third-order valence-corrected chi connectivity index (χ3v) is 4.78. The molecule has 0 aliphatic carbocycles. The van der Waals surface area contributed by atoms with Crippen LogP contribution in [0.2, 0.25) is 0 Å². The van der Waals surface area contributed by atoms with Crippen LogP contribution in [0.4, 0.5) is 0 Å². The predicted octanol–water partition coefficient (Wildman–Crippen LogP) is 4.48. The van der Waals surface area contributed by atoms with Gasteiger partial charge in [-0.15, -0.1) is 5.73 Å². The molecule has 2 saturated heterocycles. The Morgan fingerprint density at radius 1 is 1.26 bits per heavy atom. The van der Waals surface area contributed by atoms with Crippen molar-refractivity contribution in [1.29, 1.82) is 0 Å². The molecule has 2 heterocycles. The average molecular weight is 392 g/mol. The van der Waals surface area contributed by atoms with Crippen molar-refractivity contribution in [1.82, 2.24) is 0 Å². The smallest absolute Gasteiger partial charge is 0.0871 e. The number of allylic oxidation sites excluding steroid dienone is 2. The molecule has 0 saturated carbocycles. The normalized spacial score (nSPS) is 35.1. The van der Waals surface area contributed by atoms with Crippen LogP contribution in [0.1, 0.15) is 32.6 Å². The summed E-state index contributed by atoms with van der Waals surface area (Å²) in [6.45, 7) is 2.15. The summed E-state index contributed by atoms with van der Waals surface area (Å²) < 4.78 is 12.1. The second-order valence-electron chi connectivity index (χ2n) is 4.97. The van der Waals surface area contributed by atoms with Crippen LogP contribution in [-0.4, -0.2) is 29.2 Å². The van der Waals surface area contributed by atoms with Crippen molar-refractivity contribution in [2.45, 2.75) is 61.9 Å². The summed E-state index contributed by atoms with van der Waals surface area (Å²) in [5, 5.41) is 0. The summed E-state index contributed by atoms with van der Waals surface area (Å²) in [5.41, 5.74) is 3.02. The Kier molecular flexibility index (Phi) is 6.37. The molecule has 0 aromatic carbocycles. The summed E-state index contributed by atoms with van der Waals surface area (Å²) >= 11 is 6.95. The van der Waals surface area contributed by atoms with E-state index in [0.29, 0.717) is 4.83 Å². The van der Waals surface area contributed by atoms with E-state index in [1.54, 1.807) is 4.99 Å². The molecule has 0 radical (unpaired) electrons. The zero-order valence-electron chi connectivity index (χ0n) is 11.1. The van der Waals surface area contributed by atoms with E-state index < -0.39 is 0 Å². The summed E-state index contributed by atoms with van der Waals surface area (Å²) in [6.07, 6.45) is 11.4. The number of halogens is 2. The van der Waals surface area contributed by atoms with Crippen molar-refractivity contribution >= 4 is 31.9 Å². The zero-order chi connectivity index (χ0) is 13.7. The summed E-state index contributed by atoms with van der Waals surface area (Å²) in [5.74, 6) is 0. The minimum absolute atomic E-state index is 0.151. The van der Waals surface area contributed by atoms with Gasteiger partial charge in [0.2, 0.25) is 0 Å². The Balaban J connectivity index is 1.80. The Morgan fingerprint density at radius 3 is 2.74 bits per heavy atom. The van der Waals surface area contributed by atoms with Gasteiger partial charge in [0, 0.05) is 22.7 Å². The van der Waals surface area contributed by atoms with Gasteiger partial charge >= 0.3 is 0 Å². The van der Waals surface area contributed by atoms with Crippen LogP contribution in [0.3, 0.4) is 0 Å². The van der Waals surface area contributed by atoms with Crippen LogP contribution in [0.25, 0.3) is 0 Å². The van der Waals surface area contributed by atoms with Gasteiger partial charge in [-0.2, -0.15) is 0 Å². The highest BCUT2D eigenvalue weighted by molar-refractivity contribution is 9.11. The van der Waals surface area contributed by atoms with Gasteiger partial charge in [0.15, 0.2) is 0 Å². The minimum atomic E-state index is 0.151. The van der Waals surface area contributed by atoms with Crippen molar-refractivity contribution in [3.05, 3.63) is 28.9 Å². The molecule has 0 spiro atoms. The first-order valence-corrected chi connectivity index (χ1v) is 8.69. The molecule has 2 fully saturated rings. The van der Waals surface area contributed by atoms with E-state index >= 15 is 0 Å². The first-order chi connectivity index (χ1) is 9.24. The highest BCUT2D eigenvalue weighted by Gasteiger charge is 2.44. The lowest BCUT2D eigenvalue weighted by Gasteiger charge is -2.18. The Bertz CT molecular complexity index is 360. The van der Waals surface area contributed by atoms with Gasteiger partial charge in [0.1, 0.15) is 0 Å². The van der Waals surface area contributed by atoms with Crippen molar-refractivity contribution in [3.8, 4) is 0 Å². The molecule has 5 atom stereocenters. The van der Waals surface area contributed by atoms with Crippen LogP contribution < -0.4 is 0 Å². The van der Waals surface area contributed by atoms with Crippen molar-refractivity contribution in [2.75, 3.05) is 0 Å². The molecule has 0 aromatic heterocycles. The van der Waals surface area contributed by atoms with E-state index in [0.717, 1.165) is 25.7 Å². The molecule has 0 N–H and O–H groups in total. The molecule has 106 valence electrons. The van der Waals surface area contributed by atoms with Crippen LogP contribution in [0, 0.1) is 0 Å². The largest absolute Gasteiger partial charge is 0.371 e. The van der Waals surface area contributed by atoms with Gasteiger partial charge in [0.05, 0.1) is 24.4 Å². The summed E-state index contributed by atoms with van der Waals surface area (Å²) in [4.78, 5) is 2.11. The lowest BCUT2D eigenvalue weighted by atomic mass is 10.1. The second-order valence-corrected chi connectivity index (χ2v) is 6.61. The number of rotatable bonds is 5. The van der Waals surface area contributed by atoms with Gasteiger partial charge in [0.25, 0.3) is 0 Å². The zero-order valence-corrected chi connectivity index (χ0v) is 14.3. The standard InChI is InChI=1S/C15H20Br2O2/c1-2-3-4-7-12(17)13-10-15-14(19-13)9-11(18-15)6-5-8-16/h3-4,6,8,11-15H,2,7,9-10H2,1H3/b4-3+/t5?,11-,12+,13-,14-,15-/m1/s1. The first-order valence-electron chi connectivity index (χ1n) is 6.85. The van der Waals surface area contributed by atoms with E-state index in [9.17, 15) is 0 Å². The van der Waals surface area contributed by atoms with Gasteiger partial charge in [-0.05, 0) is 18.9 Å². The fourth-order valence-electron chi connectivity index (χ4n) is 2.64. The molecule has 2 aliphatic heterocycles. The van der Waals surface area contributed by atoms with E-state index in [-0.39, 0.29) is 24.4 Å². The summed E-state index contributed by atoms with van der Waals surface area (Å²) in [7, 11) is 0. The maximum atomic E-state index is 6.11. The molecule has 0 unspecified atom stereocenters. The highest BCUT2D eigenvalue weighted by Crippen LogP contribution is 2.37. The Morgan fingerprint density at radius 2 is 2.05 bits per heavy atom. The van der Waals surface area contributed by atoms with E-state index in [1.807, 2.05) is 6.08 Å². The Labute approximate surface area is 132 Å². The third-order valence-electron chi connectivity index (χ3n) is 3.56. The lowest BCUT2D eigenvalue weighted by Crippen LogP contribution is -2.22. The molecular weight excluding hydrogens is 372 g/mol. The number of fused-ring (bicyclic) bond motifs is 1. The van der Waals surface area contributed by atoms with E-state index in [4.69, 9.17) is 9.47 Å². The quantitative estimate of drug-likeness (QED) is 0.390. The second kappa shape index (κ2) is 7.80. The number of hydrogen-bond acceptors (Lipinski definition) is 2. The molecule has 2 nitrogen and oxygen atoms in total. The van der Waals surface area contributed by atoms with Crippen LogP contribution in [0.15, 0.2) is 28.9 Å². The molecule has 2 rings (SSSR count). The first kappa shape index (κ1) is 15.5. The molecule has 2 aliphatic rings. The van der Waals surface area contributed by atoms with Crippen LogP contribution >= 0.6 is 31.9 Å². The summed E-state index contributed by atoms with van der Waals surface area (Å²) in [6, 6.07) is 0. The maximum absolute atomic E-state index is 6.11. The van der Waals surface area contributed by atoms with Crippen molar-refractivity contribution in [2.24, 2.45) is 0 Å². The van der Waals surface area contributed by atoms with Crippen molar-refractivity contribution in [3.63, 3.8) is 0 Å². The van der Waals surface area contributed by atoms with E-state index in [2.05, 4.69) is 56.7 Å². The number of alkyl halides is 1. The fourth-order valence-corrected chi connectivity index (χ4v) is 3.35. The highest BCUT2D eigenvalue weighted by atomic mass is 79.9. The molecule has 0 amide bonds. The van der Waals surface area contributed by atoms with E-state index in [1.165, 1.54) is 0 Å². The number of ether oxygens (including phenoxy) is 2. The number of hydrogen-bond donors (Lipinski definition) is 0. The molecular formula is C15H20Br2O2. The maximum Gasteiger partial charge on any atom is 0.0871 e. The van der Waals surface area contributed by atoms with Gasteiger partial charge in [-0.1, -0.05) is 50.9 Å². The Hall–Kier alpha value is 0.140. The van der Waals surface area contributed by atoms with Gasteiger partial charge in [-0.3, -0.25) is 0 Å². The monoisotopic (exact) mass is 390 g/mol.